The molecule has 0 amide bonds. The van der Waals surface area contributed by atoms with Gasteiger partial charge in [-0.2, -0.15) is 0 Å². The molecule has 0 aliphatic carbocycles. The van der Waals surface area contributed by atoms with E-state index in [-0.39, 0.29) is 0 Å². The van der Waals surface area contributed by atoms with E-state index in [1.54, 1.807) is 0 Å². The zero-order chi connectivity index (χ0) is 10.4. The lowest BCUT2D eigenvalue weighted by molar-refractivity contribution is 0.507. The third kappa shape index (κ3) is 3.33. The van der Waals surface area contributed by atoms with Crippen molar-refractivity contribution in [3.05, 3.63) is 18.2 Å². The minimum absolute atomic E-state index is 0.520. The van der Waals surface area contributed by atoms with Crippen molar-refractivity contribution in [3.8, 4) is 0 Å². The van der Waals surface area contributed by atoms with E-state index in [9.17, 15) is 0 Å². The molecule has 0 spiro atoms. The molecule has 0 saturated carbocycles. The summed E-state index contributed by atoms with van der Waals surface area (Å²) in [5.74, 6) is 2.43. The molecular formula is C11H19ClN2. The van der Waals surface area contributed by atoms with Crippen molar-refractivity contribution in [1.82, 2.24) is 9.55 Å². The molecule has 2 nitrogen and oxygen atoms in total. The molecule has 80 valence electrons. The molecule has 3 heteroatoms. The van der Waals surface area contributed by atoms with Gasteiger partial charge in [0.15, 0.2) is 0 Å². The molecule has 14 heavy (non-hydrogen) atoms. The predicted octanol–water partition coefficient (Wildman–Crippen LogP) is 3.10. The quantitative estimate of drug-likeness (QED) is 0.666. The fourth-order valence-electron chi connectivity index (χ4n) is 1.45. The molecule has 0 aliphatic rings. The summed E-state index contributed by atoms with van der Waals surface area (Å²) in [7, 11) is 0. The fraction of sp³-hybridized carbons (Fsp3) is 0.727. The first kappa shape index (κ1) is 11.6. The van der Waals surface area contributed by atoms with Gasteiger partial charge in [-0.25, -0.2) is 4.98 Å². The van der Waals surface area contributed by atoms with Gasteiger partial charge in [-0.05, 0) is 12.3 Å². The normalized spacial score (nSPS) is 13.1. The number of alkyl halides is 1. The Balaban J connectivity index is 2.53. The van der Waals surface area contributed by atoms with E-state index >= 15 is 0 Å². The van der Waals surface area contributed by atoms with Gasteiger partial charge >= 0.3 is 0 Å². The van der Waals surface area contributed by atoms with Crippen molar-refractivity contribution >= 4 is 11.6 Å². The highest BCUT2D eigenvalue weighted by atomic mass is 35.5. The monoisotopic (exact) mass is 214 g/mol. The summed E-state index contributed by atoms with van der Waals surface area (Å²) in [4.78, 5) is 4.36. The Labute approximate surface area is 91.3 Å². The summed E-state index contributed by atoms with van der Waals surface area (Å²) in [6.07, 6.45) is 7.45. The van der Waals surface area contributed by atoms with E-state index in [0.717, 1.165) is 13.0 Å². The number of hydrogen-bond acceptors (Lipinski definition) is 1. The lowest BCUT2D eigenvalue weighted by Gasteiger charge is -2.11. The molecule has 0 saturated heterocycles. The maximum Gasteiger partial charge on any atom is 0.108 e. The summed E-state index contributed by atoms with van der Waals surface area (Å²) in [5.41, 5.74) is 0. The van der Waals surface area contributed by atoms with Gasteiger partial charge in [-0.15, -0.1) is 11.6 Å². The maximum absolute atomic E-state index is 5.79. The van der Waals surface area contributed by atoms with Crippen LogP contribution in [0.5, 0.6) is 0 Å². The maximum atomic E-state index is 5.79. The van der Waals surface area contributed by atoms with Gasteiger partial charge in [0.1, 0.15) is 5.82 Å². The number of aryl methyl sites for hydroxylation is 1. The minimum atomic E-state index is 0.520. The second kappa shape index (κ2) is 6.07. The number of rotatable bonds is 6. The molecule has 0 radical (unpaired) electrons. The highest BCUT2D eigenvalue weighted by Gasteiger charge is 2.05. The Morgan fingerprint density at radius 2 is 2.36 bits per heavy atom. The van der Waals surface area contributed by atoms with Crippen molar-refractivity contribution in [2.45, 2.75) is 39.7 Å². The molecule has 0 aliphatic heterocycles. The number of aromatic nitrogens is 2. The van der Waals surface area contributed by atoms with Crippen LogP contribution >= 0.6 is 11.6 Å². The average molecular weight is 215 g/mol. The second-order valence-corrected chi connectivity index (χ2v) is 4.17. The molecule has 1 heterocycles. The molecule has 0 fully saturated rings. The first-order valence-electron chi connectivity index (χ1n) is 5.33. The molecule has 1 rings (SSSR count). The number of halogens is 1. The van der Waals surface area contributed by atoms with Crippen molar-refractivity contribution in [2.24, 2.45) is 5.92 Å². The lowest BCUT2D eigenvalue weighted by Crippen LogP contribution is -2.11. The Hall–Kier alpha value is -0.500. The summed E-state index contributed by atoms with van der Waals surface area (Å²) < 4.78 is 2.22. The highest BCUT2D eigenvalue weighted by Crippen LogP contribution is 2.08. The van der Waals surface area contributed by atoms with Gasteiger partial charge in [0.25, 0.3) is 0 Å². The van der Waals surface area contributed by atoms with Crippen LogP contribution in [0.25, 0.3) is 0 Å². The molecule has 1 unspecified atom stereocenters. The minimum Gasteiger partial charge on any atom is -0.335 e. The van der Waals surface area contributed by atoms with E-state index in [2.05, 4.69) is 23.4 Å². The first-order chi connectivity index (χ1) is 6.77. The van der Waals surface area contributed by atoms with E-state index in [1.807, 2.05) is 12.4 Å². The molecule has 1 aromatic heterocycles. The van der Waals surface area contributed by atoms with Crippen LogP contribution in [0.3, 0.4) is 0 Å². The number of unbranched alkanes of at least 4 members (excludes halogenated alkanes) is 1. The number of hydrogen-bond donors (Lipinski definition) is 0. The van der Waals surface area contributed by atoms with E-state index in [1.165, 1.54) is 18.7 Å². The summed E-state index contributed by atoms with van der Waals surface area (Å²) in [6.45, 7) is 5.35. The zero-order valence-corrected chi connectivity index (χ0v) is 9.80. The van der Waals surface area contributed by atoms with E-state index in [4.69, 9.17) is 11.6 Å². The van der Waals surface area contributed by atoms with E-state index in [0.29, 0.717) is 11.8 Å². The Morgan fingerprint density at radius 1 is 1.57 bits per heavy atom. The van der Waals surface area contributed by atoms with Gasteiger partial charge in [-0.1, -0.05) is 20.3 Å². The van der Waals surface area contributed by atoms with Crippen molar-refractivity contribution in [3.63, 3.8) is 0 Å². The van der Waals surface area contributed by atoms with Crippen LogP contribution in [0.2, 0.25) is 0 Å². The molecule has 1 atom stereocenters. The van der Waals surface area contributed by atoms with Gasteiger partial charge in [-0.3, -0.25) is 0 Å². The van der Waals surface area contributed by atoms with Crippen LogP contribution < -0.4 is 0 Å². The first-order valence-corrected chi connectivity index (χ1v) is 5.87. The van der Waals surface area contributed by atoms with Crippen LogP contribution in [-0.4, -0.2) is 15.4 Å². The topological polar surface area (TPSA) is 17.8 Å². The van der Waals surface area contributed by atoms with E-state index < -0.39 is 0 Å². The van der Waals surface area contributed by atoms with Crippen LogP contribution in [-0.2, 0) is 13.0 Å². The van der Waals surface area contributed by atoms with Crippen LogP contribution in [0, 0.1) is 5.92 Å². The SMILES string of the molecule is CCCCc1nccn1CC(C)CCl. The predicted molar refractivity (Wildman–Crippen MR) is 60.7 cm³/mol. The third-order valence-electron chi connectivity index (χ3n) is 2.33. The lowest BCUT2D eigenvalue weighted by atomic mass is 10.2. The zero-order valence-electron chi connectivity index (χ0n) is 9.04. The van der Waals surface area contributed by atoms with Crippen LogP contribution in [0.15, 0.2) is 12.4 Å². The number of nitrogens with zero attached hydrogens (tertiary/aromatic N) is 2. The third-order valence-corrected chi connectivity index (χ3v) is 2.85. The number of imidazole rings is 1. The van der Waals surface area contributed by atoms with Crippen molar-refractivity contribution < 1.29 is 0 Å². The standard InChI is InChI=1S/C11H19ClN2/c1-3-4-5-11-13-6-7-14(11)9-10(2)8-12/h6-7,10H,3-5,8-9H2,1-2H3. The largest absolute Gasteiger partial charge is 0.335 e. The fourth-order valence-corrected chi connectivity index (χ4v) is 1.55. The molecule has 1 aromatic rings. The average Bonchev–Trinajstić information content (AvgIpc) is 2.62. The van der Waals surface area contributed by atoms with Gasteiger partial charge < -0.3 is 4.57 Å². The van der Waals surface area contributed by atoms with Gasteiger partial charge in [0.2, 0.25) is 0 Å². The van der Waals surface area contributed by atoms with Crippen molar-refractivity contribution in [2.75, 3.05) is 5.88 Å². The molecule has 0 bridgehead atoms. The Morgan fingerprint density at radius 3 is 3.00 bits per heavy atom. The van der Waals surface area contributed by atoms with Gasteiger partial charge in [0.05, 0.1) is 0 Å². The molecule has 0 N–H and O–H groups in total. The summed E-state index contributed by atoms with van der Waals surface area (Å²) in [6, 6.07) is 0. The van der Waals surface area contributed by atoms with Crippen LogP contribution in [0.4, 0.5) is 0 Å². The van der Waals surface area contributed by atoms with Crippen LogP contribution in [0.1, 0.15) is 32.5 Å². The summed E-state index contributed by atoms with van der Waals surface area (Å²) in [5, 5.41) is 0. The molecule has 0 aromatic carbocycles. The highest BCUT2D eigenvalue weighted by molar-refractivity contribution is 6.18. The second-order valence-electron chi connectivity index (χ2n) is 3.86. The Bertz CT molecular complexity index is 258. The smallest absolute Gasteiger partial charge is 0.108 e. The summed E-state index contributed by atoms with van der Waals surface area (Å²) >= 11 is 5.79. The van der Waals surface area contributed by atoms with Gasteiger partial charge in [0, 0.05) is 31.2 Å². The molecular weight excluding hydrogens is 196 g/mol. The Kier molecular flexibility index (Phi) is 5.02. The van der Waals surface area contributed by atoms with Crippen molar-refractivity contribution in [1.29, 1.82) is 0 Å².